The lowest BCUT2D eigenvalue weighted by atomic mass is 9.99. The largest absolute Gasteiger partial charge is 0.361 e. The van der Waals surface area contributed by atoms with Crippen molar-refractivity contribution in [2.75, 3.05) is 19.6 Å². The summed E-state index contributed by atoms with van der Waals surface area (Å²) in [5, 5.41) is 5.62. The highest BCUT2D eigenvalue weighted by molar-refractivity contribution is 6.43. The van der Waals surface area contributed by atoms with E-state index < -0.39 is 0 Å². The number of benzene rings is 1. The van der Waals surface area contributed by atoms with Gasteiger partial charge in [0.05, 0.1) is 15.7 Å². The highest BCUT2D eigenvalue weighted by atomic mass is 35.5. The maximum Gasteiger partial charge on any atom is 0.140 e. The Bertz CT molecular complexity index is 828. The summed E-state index contributed by atoms with van der Waals surface area (Å²) in [5.41, 5.74) is 5.00. The van der Waals surface area contributed by atoms with Crippen LogP contribution >= 0.6 is 23.2 Å². The average molecular weight is 405 g/mol. The summed E-state index contributed by atoms with van der Waals surface area (Å²) < 4.78 is 5.65. The highest BCUT2D eigenvalue weighted by Gasteiger charge is 2.19. The van der Waals surface area contributed by atoms with E-state index in [0.717, 1.165) is 63.1 Å². The first-order valence-electron chi connectivity index (χ1n) is 10.0. The molecule has 2 aliphatic rings. The lowest BCUT2D eigenvalue weighted by Gasteiger charge is -2.26. The molecular formula is C22H26Cl2N2O. The Labute approximate surface area is 171 Å². The van der Waals surface area contributed by atoms with Crippen LogP contribution in [0, 0.1) is 0 Å². The zero-order chi connectivity index (χ0) is 18.6. The number of rotatable bonds is 5. The summed E-state index contributed by atoms with van der Waals surface area (Å²) in [7, 11) is 0. The first-order chi connectivity index (χ1) is 13.2. The molecule has 0 radical (unpaired) electrons. The van der Waals surface area contributed by atoms with Gasteiger partial charge in [-0.1, -0.05) is 53.0 Å². The maximum atomic E-state index is 6.37. The van der Waals surface area contributed by atoms with Gasteiger partial charge in [0.15, 0.2) is 0 Å². The summed E-state index contributed by atoms with van der Waals surface area (Å²) in [6, 6.07) is 5.87. The molecule has 5 heteroatoms. The Morgan fingerprint density at radius 2 is 1.96 bits per heavy atom. The zero-order valence-corrected chi connectivity index (χ0v) is 17.2. The van der Waals surface area contributed by atoms with Gasteiger partial charge in [0.2, 0.25) is 0 Å². The topological polar surface area (TPSA) is 29.3 Å². The lowest BCUT2D eigenvalue weighted by molar-refractivity contribution is 0.290. The molecule has 0 bridgehead atoms. The van der Waals surface area contributed by atoms with E-state index in [1.54, 1.807) is 0 Å². The number of fused-ring (bicyclic) bond motifs is 1. The van der Waals surface area contributed by atoms with Gasteiger partial charge in [-0.3, -0.25) is 4.90 Å². The van der Waals surface area contributed by atoms with Crippen molar-refractivity contribution in [3.05, 3.63) is 56.9 Å². The van der Waals surface area contributed by atoms with Crippen LogP contribution in [0.4, 0.5) is 0 Å². The molecule has 0 amide bonds. The second-order valence-corrected chi connectivity index (χ2v) is 8.36. The van der Waals surface area contributed by atoms with E-state index in [1.165, 1.54) is 36.1 Å². The van der Waals surface area contributed by atoms with Gasteiger partial charge in [-0.15, -0.1) is 0 Å². The summed E-state index contributed by atoms with van der Waals surface area (Å²) >= 11 is 12.5. The summed E-state index contributed by atoms with van der Waals surface area (Å²) in [6.07, 6.45) is 11.5. The van der Waals surface area contributed by atoms with Crippen molar-refractivity contribution >= 4 is 28.8 Å². The molecule has 1 aliphatic heterocycles. The Balaban J connectivity index is 1.30. The normalized spacial score (nSPS) is 18.1. The van der Waals surface area contributed by atoms with Gasteiger partial charge in [0.1, 0.15) is 5.76 Å². The fourth-order valence-corrected chi connectivity index (χ4v) is 4.62. The Morgan fingerprint density at radius 3 is 2.81 bits per heavy atom. The second kappa shape index (κ2) is 8.81. The van der Waals surface area contributed by atoms with Gasteiger partial charge in [-0.05, 0) is 62.3 Å². The molecular weight excluding hydrogens is 379 g/mol. The van der Waals surface area contributed by atoms with Crippen LogP contribution in [0.1, 0.15) is 54.7 Å². The van der Waals surface area contributed by atoms with Crippen molar-refractivity contribution in [3.8, 4) is 0 Å². The van der Waals surface area contributed by atoms with Crippen molar-refractivity contribution in [1.29, 1.82) is 0 Å². The van der Waals surface area contributed by atoms with Crippen LogP contribution < -0.4 is 0 Å². The smallest absolute Gasteiger partial charge is 0.140 e. The van der Waals surface area contributed by atoms with Crippen LogP contribution in [0.25, 0.3) is 5.57 Å². The number of hydrogen-bond acceptors (Lipinski definition) is 3. The van der Waals surface area contributed by atoms with Crippen molar-refractivity contribution in [3.63, 3.8) is 0 Å². The standard InChI is InChI=1S/C22H26Cl2N2O/c23-19-8-4-7-17(22(19)24)16-11-14-26(15-12-16)13-5-10-21-18-6-2-1-3-9-20(18)25-27-21/h4,7-8,11H,1-3,5-6,9-10,12-15H2. The summed E-state index contributed by atoms with van der Waals surface area (Å²) in [4.78, 5) is 2.50. The minimum atomic E-state index is 0.628. The van der Waals surface area contributed by atoms with E-state index in [0.29, 0.717) is 10.0 Å². The SMILES string of the molecule is Clc1cccc(C2=CCN(CCCc3onc4c3CCCCC4)CC2)c1Cl. The molecule has 4 rings (SSSR count). The monoisotopic (exact) mass is 404 g/mol. The number of nitrogens with zero attached hydrogens (tertiary/aromatic N) is 2. The third kappa shape index (κ3) is 4.42. The molecule has 0 unspecified atom stereocenters. The first kappa shape index (κ1) is 19.0. The number of aryl methyl sites for hydroxylation is 2. The van der Waals surface area contributed by atoms with Crippen LogP contribution in [0.3, 0.4) is 0 Å². The summed E-state index contributed by atoms with van der Waals surface area (Å²) in [5.74, 6) is 1.13. The molecule has 27 heavy (non-hydrogen) atoms. The number of halogens is 2. The molecule has 1 aliphatic carbocycles. The fourth-order valence-electron chi connectivity index (χ4n) is 4.20. The molecule has 2 heterocycles. The zero-order valence-electron chi connectivity index (χ0n) is 15.6. The van der Waals surface area contributed by atoms with E-state index in [-0.39, 0.29) is 0 Å². The maximum absolute atomic E-state index is 6.37. The molecule has 0 saturated heterocycles. The minimum Gasteiger partial charge on any atom is -0.361 e. The molecule has 144 valence electrons. The third-order valence-corrected chi connectivity index (χ3v) is 6.58. The Kier molecular flexibility index (Phi) is 6.21. The van der Waals surface area contributed by atoms with Crippen molar-refractivity contribution < 1.29 is 4.52 Å². The van der Waals surface area contributed by atoms with Crippen molar-refractivity contribution in [1.82, 2.24) is 10.1 Å². The molecule has 0 spiro atoms. The van der Waals surface area contributed by atoms with Crippen LogP contribution in [0.2, 0.25) is 10.0 Å². The highest BCUT2D eigenvalue weighted by Crippen LogP contribution is 2.33. The van der Waals surface area contributed by atoms with E-state index in [4.69, 9.17) is 27.7 Å². The minimum absolute atomic E-state index is 0.628. The van der Waals surface area contributed by atoms with Gasteiger partial charge in [0, 0.05) is 25.1 Å². The Hall–Kier alpha value is -1.29. The first-order valence-corrected chi connectivity index (χ1v) is 10.8. The van der Waals surface area contributed by atoms with E-state index in [2.05, 4.69) is 22.2 Å². The van der Waals surface area contributed by atoms with Gasteiger partial charge in [0.25, 0.3) is 0 Å². The molecule has 0 atom stereocenters. The predicted octanol–water partition coefficient (Wildman–Crippen LogP) is 5.97. The van der Waals surface area contributed by atoms with Crippen LogP contribution in [-0.4, -0.2) is 29.7 Å². The number of hydrogen-bond donors (Lipinski definition) is 0. The molecule has 1 aromatic heterocycles. The van der Waals surface area contributed by atoms with Crippen LogP contribution in [0.5, 0.6) is 0 Å². The van der Waals surface area contributed by atoms with Crippen LogP contribution in [-0.2, 0) is 19.3 Å². The second-order valence-electron chi connectivity index (χ2n) is 7.58. The molecule has 2 aromatic rings. The third-order valence-electron chi connectivity index (χ3n) is 5.76. The molecule has 0 N–H and O–H groups in total. The Morgan fingerprint density at radius 1 is 1.07 bits per heavy atom. The van der Waals surface area contributed by atoms with Gasteiger partial charge >= 0.3 is 0 Å². The quantitative estimate of drug-likeness (QED) is 0.574. The average Bonchev–Trinajstić information content (AvgIpc) is 2.91. The van der Waals surface area contributed by atoms with E-state index in [1.807, 2.05) is 12.1 Å². The van der Waals surface area contributed by atoms with Gasteiger partial charge < -0.3 is 4.52 Å². The van der Waals surface area contributed by atoms with Crippen LogP contribution in [0.15, 0.2) is 28.8 Å². The predicted molar refractivity (Wildman–Crippen MR) is 112 cm³/mol. The van der Waals surface area contributed by atoms with Crippen molar-refractivity contribution in [2.45, 2.75) is 51.4 Å². The van der Waals surface area contributed by atoms with E-state index in [9.17, 15) is 0 Å². The van der Waals surface area contributed by atoms with E-state index >= 15 is 0 Å². The lowest BCUT2D eigenvalue weighted by Crippen LogP contribution is -2.29. The fraction of sp³-hybridized carbons (Fsp3) is 0.500. The molecule has 3 nitrogen and oxygen atoms in total. The summed E-state index contributed by atoms with van der Waals surface area (Å²) in [6.45, 7) is 3.11. The molecule has 1 aromatic carbocycles. The molecule has 0 saturated carbocycles. The van der Waals surface area contributed by atoms with Gasteiger partial charge in [-0.25, -0.2) is 0 Å². The molecule has 0 fully saturated rings. The number of aromatic nitrogens is 1. The van der Waals surface area contributed by atoms with Gasteiger partial charge in [-0.2, -0.15) is 0 Å². The van der Waals surface area contributed by atoms with Crippen molar-refractivity contribution in [2.24, 2.45) is 0 Å².